The summed E-state index contributed by atoms with van der Waals surface area (Å²) in [5.74, 6) is 1.36. The molecule has 26 heavy (non-hydrogen) atoms. The Bertz CT molecular complexity index is 869. The first kappa shape index (κ1) is 17.1. The maximum absolute atomic E-state index is 14.6. The van der Waals surface area contributed by atoms with Crippen LogP contribution in [-0.4, -0.2) is 45.6 Å². The average Bonchev–Trinajstić information content (AvgIpc) is 3.46. The minimum absolute atomic E-state index is 0.00673. The molecule has 138 valence electrons. The maximum atomic E-state index is 14.6. The van der Waals surface area contributed by atoms with Gasteiger partial charge in [0.15, 0.2) is 11.6 Å². The zero-order valence-corrected chi connectivity index (χ0v) is 15.3. The lowest BCUT2D eigenvalue weighted by molar-refractivity contribution is 0.248. The van der Waals surface area contributed by atoms with Gasteiger partial charge in [-0.25, -0.2) is 14.4 Å². The van der Waals surface area contributed by atoms with Crippen LogP contribution < -0.4 is 10.5 Å². The van der Waals surface area contributed by atoms with Gasteiger partial charge in [0.2, 0.25) is 0 Å². The van der Waals surface area contributed by atoms with E-state index < -0.39 is 0 Å². The smallest absolute Gasteiger partial charge is 0.250 e. The quantitative estimate of drug-likeness (QED) is 0.836. The molecule has 1 saturated carbocycles. The Labute approximate surface area is 152 Å². The molecule has 4 rings (SSSR count). The van der Waals surface area contributed by atoms with Gasteiger partial charge in [-0.1, -0.05) is 0 Å². The van der Waals surface area contributed by atoms with Crippen LogP contribution >= 0.6 is 0 Å². The van der Waals surface area contributed by atoms with Crippen LogP contribution in [0.1, 0.15) is 35.8 Å². The van der Waals surface area contributed by atoms with E-state index in [1.165, 1.54) is 0 Å². The van der Waals surface area contributed by atoms with E-state index in [-0.39, 0.29) is 11.4 Å². The first-order valence-electron chi connectivity index (χ1n) is 9.18. The molecular formula is C19H24FN5O. The molecule has 0 radical (unpaired) electrons. The van der Waals surface area contributed by atoms with E-state index in [1.807, 2.05) is 11.0 Å². The topological polar surface area (TPSA) is 54.3 Å². The number of aryl methyl sites for hydroxylation is 2. The molecule has 0 N–H and O–H groups in total. The summed E-state index contributed by atoms with van der Waals surface area (Å²) in [6.45, 7) is 5.54. The average molecular weight is 357 g/mol. The van der Waals surface area contributed by atoms with Gasteiger partial charge in [0.25, 0.3) is 5.56 Å². The van der Waals surface area contributed by atoms with Gasteiger partial charge >= 0.3 is 0 Å². The Balaban J connectivity index is 1.43. The van der Waals surface area contributed by atoms with E-state index >= 15 is 0 Å². The van der Waals surface area contributed by atoms with Gasteiger partial charge in [0.1, 0.15) is 5.82 Å². The highest BCUT2D eigenvalue weighted by molar-refractivity contribution is 5.43. The van der Waals surface area contributed by atoms with Crippen molar-refractivity contribution in [1.82, 2.24) is 19.4 Å². The normalized spacial score (nSPS) is 18.3. The Morgan fingerprint density at radius 2 is 1.92 bits per heavy atom. The molecule has 0 atom stereocenters. The lowest BCUT2D eigenvalue weighted by Crippen LogP contribution is -2.46. The van der Waals surface area contributed by atoms with Crippen molar-refractivity contribution in [3.8, 4) is 0 Å². The van der Waals surface area contributed by atoms with Crippen molar-refractivity contribution in [3.05, 3.63) is 51.6 Å². The zero-order chi connectivity index (χ0) is 18.3. The molecule has 7 heteroatoms. The Morgan fingerprint density at radius 3 is 2.58 bits per heavy atom. The van der Waals surface area contributed by atoms with E-state index in [0.717, 1.165) is 57.0 Å². The molecule has 2 aromatic rings. The van der Waals surface area contributed by atoms with Crippen molar-refractivity contribution in [2.75, 3.05) is 31.1 Å². The van der Waals surface area contributed by atoms with Crippen LogP contribution in [0.5, 0.6) is 0 Å². The summed E-state index contributed by atoms with van der Waals surface area (Å²) in [5, 5.41) is 0. The molecular weight excluding hydrogens is 333 g/mol. The highest BCUT2D eigenvalue weighted by Crippen LogP contribution is 2.39. The predicted molar refractivity (Wildman–Crippen MR) is 97.9 cm³/mol. The molecule has 0 bridgehead atoms. The van der Waals surface area contributed by atoms with Crippen LogP contribution in [0.2, 0.25) is 0 Å². The van der Waals surface area contributed by atoms with Gasteiger partial charge in [-0.15, -0.1) is 0 Å². The Hall–Kier alpha value is -2.28. The fourth-order valence-corrected chi connectivity index (χ4v) is 3.36. The van der Waals surface area contributed by atoms with Crippen molar-refractivity contribution in [2.24, 2.45) is 7.05 Å². The second-order valence-electron chi connectivity index (χ2n) is 7.33. The summed E-state index contributed by atoms with van der Waals surface area (Å²) in [5.41, 5.74) is 1.47. The molecule has 1 aliphatic carbocycles. The predicted octanol–water partition coefficient (Wildman–Crippen LogP) is 1.82. The van der Waals surface area contributed by atoms with E-state index in [1.54, 1.807) is 30.8 Å². The van der Waals surface area contributed by atoms with Crippen molar-refractivity contribution in [2.45, 2.75) is 32.2 Å². The minimum Gasteiger partial charge on any atom is -0.352 e. The Morgan fingerprint density at radius 1 is 1.19 bits per heavy atom. The molecule has 6 nitrogen and oxygen atoms in total. The molecule has 3 heterocycles. The fraction of sp³-hybridized carbons (Fsp3) is 0.526. The lowest BCUT2D eigenvalue weighted by atomic mass is 10.2. The van der Waals surface area contributed by atoms with Crippen molar-refractivity contribution >= 4 is 5.82 Å². The molecule has 2 fully saturated rings. The van der Waals surface area contributed by atoms with Crippen molar-refractivity contribution in [1.29, 1.82) is 0 Å². The third kappa shape index (κ3) is 3.49. The molecule has 1 saturated heterocycles. The number of hydrogen-bond donors (Lipinski definition) is 0. The molecule has 0 spiro atoms. The molecule has 1 aliphatic heterocycles. The highest BCUT2D eigenvalue weighted by Gasteiger charge is 2.30. The summed E-state index contributed by atoms with van der Waals surface area (Å²) >= 11 is 0. The van der Waals surface area contributed by atoms with Crippen LogP contribution in [0, 0.1) is 12.7 Å². The zero-order valence-electron chi connectivity index (χ0n) is 15.3. The minimum atomic E-state index is -0.297. The third-order valence-corrected chi connectivity index (χ3v) is 5.21. The number of halogens is 1. The molecule has 2 aromatic heterocycles. The summed E-state index contributed by atoms with van der Waals surface area (Å²) < 4.78 is 16.1. The summed E-state index contributed by atoms with van der Waals surface area (Å²) in [6.07, 6.45) is 4.01. The van der Waals surface area contributed by atoms with Crippen molar-refractivity contribution in [3.63, 3.8) is 0 Å². The van der Waals surface area contributed by atoms with Gasteiger partial charge in [0, 0.05) is 58.0 Å². The number of anilines is 1. The summed E-state index contributed by atoms with van der Waals surface area (Å²) in [6, 6.07) is 3.66. The number of hydrogen-bond acceptors (Lipinski definition) is 5. The molecule has 2 aliphatic rings. The standard InChI is InChI=1S/C19H24FN5O/c1-13-17(20)19(22-18(21-13)15-3-4-15)25-9-7-24(8-10-25)12-14-5-6-23(2)16(26)11-14/h5-6,11,15H,3-4,7-10,12H2,1-2H3. The molecule has 0 aromatic carbocycles. The van der Waals surface area contributed by atoms with Crippen LogP contribution in [0.3, 0.4) is 0 Å². The number of pyridine rings is 1. The number of aromatic nitrogens is 3. The fourth-order valence-electron chi connectivity index (χ4n) is 3.36. The highest BCUT2D eigenvalue weighted by atomic mass is 19.1. The third-order valence-electron chi connectivity index (χ3n) is 5.21. The Kier molecular flexibility index (Phi) is 4.48. The first-order valence-corrected chi connectivity index (χ1v) is 9.18. The SMILES string of the molecule is Cc1nc(C2CC2)nc(N2CCN(Cc3ccn(C)c(=O)c3)CC2)c1F. The van der Waals surface area contributed by atoms with Crippen molar-refractivity contribution < 1.29 is 4.39 Å². The second-order valence-corrected chi connectivity index (χ2v) is 7.33. The molecule has 0 amide bonds. The van der Waals surface area contributed by atoms with Gasteiger partial charge in [-0.2, -0.15) is 0 Å². The molecule has 0 unspecified atom stereocenters. The van der Waals surface area contributed by atoms with Gasteiger partial charge < -0.3 is 9.47 Å². The summed E-state index contributed by atoms with van der Waals surface area (Å²) in [7, 11) is 1.75. The number of nitrogens with zero attached hydrogens (tertiary/aromatic N) is 5. The van der Waals surface area contributed by atoms with E-state index in [9.17, 15) is 9.18 Å². The van der Waals surface area contributed by atoms with E-state index in [0.29, 0.717) is 17.4 Å². The maximum Gasteiger partial charge on any atom is 0.250 e. The first-order chi connectivity index (χ1) is 12.5. The van der Waals surface area contributed by atoms with Gasteiger partial charge in [0.05, 0.1) is 5.69 Å². The van der Waals surface area contributed by atoms with Crippen LogP contribution in [0.15, 0.2) is 23.1 Å². The van der Waals surface area contributed by atoms with Crippen LogP contribution in [0.25, 0.3) is 0 Å². The van der Waals surface area contributed by atoms with Gasteiger partial charge in [-0.3, -0.25) is 9.69 Å². The van der Waals surface area contributed by atoms with Crippen LogP contribution in [0.4, 0.5) is 10.2 Å². The number of piperazine rings is 1. The van der Waals surface area contributed by atoms with E-state index in [4.69, 9.17) is 0 Å². The van der Waals surface area contributed by atoms with E-state index in [2.05, 4.69) is 14.9 Å². The number of rotatable bonds is 4. The second kappa shape index (κ2) is 6.79. The van der Waals surface area contributed by atoms with Crippen LogP contribution in [-0.2, 0) is 13.6 Å². The lowest BCUT2D eigenvalue weighted by Gasteiger charge is -2.35. The largest absolute Gasteiger partial charge is 0.352 e. The van der Waals surface area contributed by atoms with Gasteiger partial charge in [-0.05, 0) is 31.4 Å². The monoisotopic (exact) mass is 357 g/mol. The summed E-state index contributed by atoms with van der Waals surface area (Å²) in [4.78, 5) is 24.9.